The van der Waals surface area contributed by atoms with Gasteiger partial charge in [0.05, 0.1) is 5.92 Å². The molecule has 1 N–H and O–H groups in total. The molecule has 122 valence electrons. The Hall–Kier alpha value is -1.50. The summed E-state index contributed by atoms with van der Waals surface area (Å²) >= 11 is 1.40. The standard InChI is InChI=1S/C15H24N4O2S/c1-9(2)6-11-17-18-14(22-11)16-13(21)10-7-12(20)19(8-10)15(3,4)5/h9-10H,6-8H2,1-5H3,(H,16,18,21)/t10-/m0/s1. The highest BCUT2D eigenvalue weighted by molar-refractivity contribution is 7.15. The number of carbonyl (C=O) groups excluding carboxylic acids is 2. The maximum absolute atomic E-state index is 12.3. The Balaban J connectivity index is 1.96. The van der Waals surface area contributed by atoms with E-state index in [-0.39, 0.29) is 29.7 Å². The van der Waals surface area contributed by atoms with E-state index >= 15 is 0 Å². The summed E-state index contributed by atoms with van der Waals surface area (Å²) in [5, 5.41) is 12.3. The number of aromatic nitrogens is 2. The zero-order chi connectivity index (χ0) is 16.5. The van der Waals surface area contributed by atoms with E-state index in [0.717, 1.165) is 11.4 Å². The topological polar surface area (TPSA) is 75.2 Å². The maximum atomic E-state index is 12.3. The van der Waals surface area contributed by atoms with Gasteiger partial charge in [-0.15, -0.1) is 10.2 Å². The Bertz CT molecular complexity index is 562. The molecule has 6 nitrogen and oxygen atoms in total. The average molecular weight is 324 g/mol. The second kappa shape index (κ2) is 6.32. The molecule has 0 saturated carbocycles. The molecular weight excluding hydrogens is 300 g/mol. The molecule has 0 radical (unpaired) electrons. The van der Waals surface area contributed by atoms with Gasteiger partial charge in [-0.2, -0.15) is 0 Å². The third kappa shape index (κ3) is 4.03. The van der Waals surface area contributed by atoms with Crippen molar-refractivity contribution in [3.8, 4) is 0 Å². The van der Waals surface area contributed by atoms with Crippen molar-refractivity contribution >= 4 is 28.3 Å². The van der Waals surface area contributed by atoms with Crippen LogP contribution in [-0.4, -0.2) is 39.0 Å². The number of amides is 2. The first-order valence-electron chi connectivity index (χ1n) is 7.60. The molecule has 0 bridgehead atoms. The number of nitrogens with one attached hydrogen (secondary N) is 1. The van der Waals surface area contributed by atoms with E-state index in [0.29, 0.717) is 17.6 Å². The summed E-state index contributed by atoms with van der Waals surface area (Å²) in [6.07, 6.45) is 1.12. The van der Waals surface area contributed by atoms with Crippen LogP contribution >= 0.6 is 11.3 Å². The van der Waals surface area contributed by atoms with Crippen molar-refractivity contribution < 1.29 is 9.59 Å². The maximum Gasteiger partial charge on any atom is 0.231 e. The Morgan fingerprint density at radius 3 is 2.64 bits per heavy atom. The van der Waals surface area contributed by atoms with Crippen LogP contribution in [0, 0.1) is 11.8 Å². The van der Waals surface area contributed by atoms with E-state index in [1.807, 2.05) is 20.8 Å². The van der Waals surface area contributed by atoms with E-state index in [9.17, 15) is 9.59 Å². The van der Waals surface area contributed by atoms with Gasteiger partial charge in [0.25, 0.3) is 0 Å². The van der Waals surface area contributed by atoms with Gasteiger partial charge in [0.15, 0.2) is 0 Å². The molecule has 1 aliphatic heterocycles. The van der Waals surface area contributed by atoms with Crippen LogP contribution in [0.5, 0.6) is 0 Å². The lowest BCUT2D eigenvalue weighted by molar-refractivity contribution is -0.131. The molecular formula is C15H24N4O2S. The summed E-state index contributed by atoms with van der Waals surface area (Å²) < 4.78 is 0. The fourth-order valence-corrected chi connectivity index (χ4v) is 3.43. The molecule has 0 aliphatic carbocycles. The van der Waals surface area contributed by atoms with Crippen molar-refractivity contribution in [1.82, 2.24) is 15.1 Å². The average Bonchev–Trinajstić information content (AvgIpc) is 2.94. The number of rotatable bonds is 4. The van der Waals surface area contributed by atoms with E-state index in [2.05, 4.69) is 29.4 Å². The molecule has 1 saturated heterocycles. The number of nitrogens with zero attached hydrogens (tertiary/aromatic N) is 3. The second-order valence-electron chi connectivity index (χ2n) is 7.16. The van der Waals surface area contributed by atoms with Crippen LogP contribution in [0.25, 0.3) is 0 Å². The first-order valence-corrected chi connectivity index (χ1v) is 8.42. The normalized spacial score (nSPS) is 19.1. The summed E-state index contributed by atoms with van der Waals surface area (Å²) in [5.41, 5.74) is -0.251. The highest BCUT2D eigenvalue weighted by atomic mass is 32.1. The lowest BCUT2D eigenvalue weighted by Crippen LogP contribution is -2.42. The summed E-state index contributed by atoms with van der Waals surface area (Å²) in [5.74, 6) is 0.0752. The van der Waals surface area contributed by atoms with Crippen LogP contribution in [0.4, 0.5) is 5.13 Å². The lowest BCUT2D eigenvalue weighted by Gasteiger charge is -2.31. The predicted molar refractivity (Wildman–Crippen MR) is 86.7 cm³/mol. The van der Waals surface area contributed by atoms with Crippen molar-refractivity contribution in [2.45, 2.75) is 53.0 Å². The molecule has 1 atom stereocenters. The SMILES string of the molecule is CC(C)Cc1nnc(NC(=O)[C@H]2CC(=O)N(C(C)(C)C)C2)s1. The van der Waals surface area contributed by atoms with Crippen LogP contribution in [0.3, 0.4) is 0 Å². The number of likely N-dealkylation sites (tertiary alicyclic amines) is 1. The lowest BCUT2D eigenvalue weighted by atomic mass is 10.1. The van der Waals surface area contributed by atoms with Crippen LogP contribution in [0.15, 0.2) is 0 Å². The summed E-state index contributed by atoms with van der Waals surface area (Å²) in [6.45, 7) is 10.6. The van der Waals surface area contributed by atoms with Gasteiger partial charge in [0.1, 0.15) is 5.01 Å². The van der Waals surface area contributed by atoms with Crippen LogP contribution in [0.2, 0.25) is 0 Å². The zero-order valence-corrected chi connectivity index (χ0v) is 14.7. The molecule has 7 heteroatoms. The minimum absolute atomic E-state index is 0.0328. The van der Waals surface area contributed by atoms with E-state index in [1.54, 1.807) is 4.90 Å². The number of carbonyl (C=O) groups is 2. The van der Waals surface area contributed by atoms with Gasteiger partial charge in [-0.25, -0.2) is 0 Å². The minimum atomic E-state index is -0.316. The first kappa shape index (κ1) is 16.9. The van der Waals surface area contributed by atoms with Gasteiger partial charge in [-0.1, -0.05) is 25.2 Å². The molecule has 1 aromatic rings. The monoisotopic (exact) mass is 324 g/mol. The van der Waals surface area contributed by atoms with Crippen molar-refractivity contribution in [2.75, 3.05) is 11.9 Å². The van der Waals surface area contributed by atoms with Gasteiger partial charge in [0.2, 0.25) is 16.9 Å². The molecule has 2 rings (SSSR count). The third-order valence-corrected chi connectivity index (χ3v) is 4.45. The first-order chi connectivity index (χ1) is 10.2. The molecule has 0 unspecified atom stereocenters. The third-order valence-electron chi connectivity index (χ3n) is 3.59. The highest BCUT2D eigenvalue weighted by Gasteiger charge is 2.39. The zero-order valence-electron chi connectivity index (χ0n) is 13.8. The molecule has 0 spiro atoms. The Morgan fingerprint density at radius 1 is 1.41 bits per heavy atom. The van der Waals surface area contributed by atoms with E-state index in [4.69, 9.17) is 0 Å². The van der Waals surface area contributed by atoms with Gasteiger partial charge in [0, 0.05) is 24.9 Å². The number of anilines is 1. The van der Waals surface area contributed by atoms with Crippen molar-refractivity contribution in [1.29, 1.82) is 0 Å². The molecule has 1 fully saturated rings. The van der Waals surface area contributed by atoms with Crippen molar-refractivity contribution in [3.05, 3.63) is 5.01 Å². The summed E-state index contributed by atoms with van der Waals surface area (Å²) in [7, 11) is 0. The molecule has 0 aromatic carbocycles. The molecule has 2 amide bonds. The van der Waals surface area contributed by atoms with Crippen LogP contribution in [0.1, 0.15) is 46.0 Å². The largest absolute Gasteiger partial charge is 0.337 e. The Kier molecular flexibility index (Phi) is 4.84. The Morgan fingerprint density at radius 2 is 2.09 bits per heavy atom. The molecule has 22 heavy (non-hydrogen) atoms. The smallest absolute Gasteiger partial charge is 0.231 e. The minimum Gasteiger partial charge on any atom is -0.337 e. The molecule has 2 heterocycles. The Labute approximate surface area is 135 Å². The van der Waals surface area contributed by atoms with Gasteiger partial charge >= 0.3 is 0 Å². The summed E-state index contributed by atoms with van der Waals surface area (Å²) in [6, 6.07) is 0. The van der Waals surface area contributed by atoms with Crippen LogP contribution in [-0.2, 0) is 16.0 Å². The summed E-state index contributed by atoms with van der Waals surface area (Å²) in [4.78, 5) is 26.1. The fraction of sp³-hybridized carbons (Fsp3) is 0.733. The second-order valence-corrected chi connectivity index (χ2v) is 8.23. The fourth-order valence-electron chi connectivity index (χ4n) is 2.47. The van der Waals surface area contributed by atoms with Gasteiger partial charge < -0.3 is 10.2 Å². The highest BCUT2D eigenvalue weighted by Crippen LogP contribution is 2.27. The van der Waals surface area contributed by atoms with E-state index in [1.165, 1.54) is 11.3 Å². The number of hydrogen-bond donors (Lipinski definition) is 1. The quantitative estimate of drug-likeness (QED) is 0.922. The molecule has 1 aliphatic rings. The van der Waals surface area contributed by atoms with Gasteiger partial charge in [-0.3, -0.25) is 9.59 Å². The molecule has 1 aromatic heterocycles. The van der Waals surface area contributed by atoms with Gasteiger partial charge in [-0.05, 0) is 26.7 Å². The van der Waals surface area contributed by atoms with Crippen molar-refractivity contribution in [3.63, 3.8) is 0 Å². The van der Waals surface area contributed by atoms with Crippen LogP contribution < -0.4 is 5.32 Å². The number of hydrogen-bond acceptors (Lipinski definition) is 5. The predicted octanol–water partition coefficient (Wildman–Crippen LogP) is 2.32. The van der Waals surface area contributed by atoms with Crippen molar-refractivity contribution in [2.24, 2.45) is 11.8 Å². The van der Waals surface area contributed by atoms with E-state index < -0.39 is 0 Å².